The Balaban J connectivity index is 1.84. The quantitative estimate of drug-likeness (QED) is 0.413. The molecule has 0 bridgehead atoms. The van der Waals surface area contributed by atoms with Gasteiger partial charge in [-0.1, -0.05) is 6.08 Å². The molecule has 2 aliphatic rings. The minimum atomic E-state index is -0.473. The molecule has 1 aromatic rings. The van der Waals surface area contributed by atoms with Crippen LogP contribution in [0.4, 0.5) is 4.79 Å². The Morgan fingerprint density at radius 3 is 2.56 bits per heavy atom. The number of nitrogens with zero attached hydrogens (tertiary/aromatic N) is 2. The van der Waals surface area contributed by atoms with E-state index in [1.807, 2.05) is 19.9 Å². The largest absolute Gasteiger partial charge is 0.490 e. The Morgan fingerprint density at radius 1 is 1.19 bits per heavy atom. The Labute approximate surface area is 192 Å². The van der Waals surface area contributed by atoms with Crippen LogP contribution in [0, 0.1) is 0 Å². The predicted octanol–water partition coefficient (Wildman–Crippen LogP) is 3.11. The lowest BCUT2D eigenvalue weighted by atomic mass is 10.0. The first kappa shape index (κ1) is 23.9. The van der Waals surface area contributed by atoms with Gasteiger partial charge in [-0.05, 0) is 55.8 Å². The summed E-state index contributed by atoms with van der Waals surface area (Å²) in [6.07, 6.45) is 3.98. The van der Waals surface area contributed by atoms with Gasteiger partial charge in [0.1, 0.15) is 6.54 Å². The van der Waals surface area contributed by atoms with Crippen LogP contribution in [0.15, 0.2) is 29.7 Å². The third-order valence-corrected chi connectivity index (χ3v) is 5.84. The molecule has 2 aliphatic heterocycles. The highest BCUT2D eigenvalue weighted by Gasteiger charge is 2.37. The average Bonchev–Trinajstić information content (AvgIpc) is 3.04. The van der Waals surface area contributed by atoms with Gasteiger partial charge in [-0.2, -0.15) is 0 Å². The summed E-state index contributed by atoms with van der Waals surface area (Å²) in [4.78, 5) is 40.7. The highest BCUT2D eigenvalue weighted by Crippen LogP contribution is 2.37. The molecule has 32 heavy (non-hydrogen) atoms. The Morgan fingerprint density at radius 2 is 1.91 bits per heavy atom. The number of carbonyl (C=O) groups is 3. The summed E-state index contributed by atoms with van der Waals surface area (Å²) in [7, 11) is 0. The lowest BCUT2D eigenvalue weighted by molar-refractivity contribution is -0.139. The molecular formula is C23H28N2O6S. The first-order valence-corrected chi connectivity index (χ1v) is 11.4. The van der Waals surface area contributed by atoms with E-state index in [9.17, 15) is 14.4 Å². The lowest BCUT2D eigenvalue weighted by Crippen LogP contribution is -2.46. The van der Waals surface area contributed by atoms with Crippen LogP contribution in [-0.2, 0) is 20.7 Å². The number of ether oxygens (including phenoxy) is 3. The number of hydrogen-bond acceptors (Lipinski definition) is 7. The maximum atomic E-state index is 12.9. The van der Waals surface area contributed by atoms with Crippen LogP contribution in [0.1, 0.15) is 25.0 Å². The number of benzene rings is 1. The summed E-state index contributed by atoms with van der Waals surface area (Å²) >= 11 is 0.829. The fourth-order valence-electron chi connectivity index (χ4n) is 3.48. The molecule has 1 aromatic carbocycles. The van der Waals surface area contributed by atoms with Gasteiger partial charge in [-0.3, -0.25) is 19.3 Å². The van der Waals surface area contributed by atoms with Crippen LogP contribution in [0.5, 0.6) is 11.5 Å². The molecule has 9 heteroatoms. The van der Waals surface area contributed by atoms with Crippen LogP contribution in [0.25, 0.3) is 6.08 Å². The normalized spacial score (nSPS) is 17.8. The number of allylic oxidation sites excluding steroid dienone is 1. The molecule has 3 amide bonds. The van der Waals surface area contributed by atoms with Gasteiger partial charge in [0, 0.05) is 18.7 Å². The Bertz CT molecular complexity index is 923. The smallest absolute Gasteiger partial charge is 0.294 e. The topological polar surface area (TPSA) is 85.4 Å². The van der Waals surface area contributed by atoms with Crippen LogP contribution in [-0.4, -0.2) is 72.9 Å². The number of thioether (sulfide) groups is 1. The molecule has 172 valence electrons. The molecule has 0 spiro atoms. The van der Waals surface area contributed by atoms with Gasteiger partial charge < -0.3 is 19.1 Å². The number of rotatable bonds is 9. The van der Waals surface area contributed by atoms with E-state index >= 15 is 0 Å². The van der Waals surface area contributed by atoms with Gasteiger partial charge in [0.2, 0.25) is 5.91 Å². The van der Waals surface area contributed by atoms with E-state index in [1.54, 1.807) is 23.1 Å². The highest BCUT2D eigenvalue weighted by molar-refractivity contribution is 8.18. The second-order valence-electron chi connectivity index (χ2n) is 7.13. The van der Waals surface area contributed by atoms with Crippen molar-refractivity contribution in [1.29, 1.82) is 0 Å². The van der Waals surface area contributed by atoms with E-state index in [0.29, 0.717) is 63.0 Å². The third kappa shape index (κ3) is 5.52. The summed E-state index contributed by atoms with van der Waals surface area (Å²) in [5, 5.41) is -0.454. The van der Waals surface area contributed by atoms with Crippen molar-refractivity contribution in [2.45, 2.75) is 20.3 Å². The first-order chi connectivity index (χ1) is 15.5. The van der Waals surface area contributed by atoms with Gasteiger partial charge in [-0.25, -0.2) is 0 Å². The van der Waals surface area contributed by atoms with Crippen molar-refractivity contribution in [3.05, 3.63) is 40.8 Å². The number of amides is 3. The van der Waals surface area contributed by atoms with E-state index in [4.69, 9.17) is 14.2 Å². The molecule has 2 fully saturated rings. The molecule has 8 nitrogen and oxygen atoms in total. The van der Waals surface area contributed by atoms with Crippen molar-refractivity contribution in [2.75, 3.05) is 46.1 Å². The first-order valence-electron chi connectivity index (χ1n) is 10.6. The SMILES string of the molecule is C=CCc1cc(/C=C2/SC(=O)N(CC(=O)N3CCOCC3)C2=O)cc(OCC)c1OCC. The summed E-state index contributed by atoms with van der Waals surface area (Å²) in [6, 6.07) is 3.68. The molecule has 0 aromatic heterocycles. The standard InChI is InChI=1S/C23H28N2O6S/c1-4-7-17-12-16(13-18(30-5-2)21(17)31-6-3)14-19-22(27)25(23(28)32-19)15-20(26)24-8-10-29-11-9-24/h4,12-14H,1,5-11,15H2,2-3H3/b19-14+. The maximum Gasteiger partial charge on any atom is 0.294 e. The number of hydrogen-bond donors (Lipinski definition) is 0. The summed E-state index contributed by atoms with van der Waals surface area (Å²) in [6.45, 7) is 10.1. The van der Waals surface area contributed by atoms with Crippen molar-refractivity contribution in [3.8, 4) is 11.5 Å². The van der Waals surface area contributed by atoms with Gasteiger partial charge in [0.25, 0.3) is 11.1 Å². The fraction of sp³-hybridized carbons (Fsp3) is 0.435. The fourth-order valence-corrected chi connectivity index (χ4v) is 4.32. The zero-order valence-corrected chi connectivity index (χ0v) is 19.2. The van der Waals surface area contributed by atoms with Crippen LogP contribution < -0.4 is 9.47 Å². The van der Waals surface area contributed by atoms with E-state index in [0.717, 1.165) is 22.2 Å². The number of carbonyl (C=O) groups excluding carboxylic acids is 3. The van der Waals surface area contributed by atoms with Crippen molar-refractivity contribution in [3.63, 3.8) is 0 Å². The molecule has 2 saturated heterocycles. The number of morpholine rings is 1. The summed E-state index contributed by atoms with van der Waals surface area (Å²) in [5.41, 5.74) is 1.58. The Hall–Kier alpha value is -2.78. The van der Waals surface area contributed by atoms with Gasteiger partial charge in [-0.15, -0.1) is 6.58 Å². The van der Waals surface area contributed by atoms with Crippen molar-refractivity contribution in [1.82, 2.24) is 9.80 Å². The van der Waals surface area contributed by atoms with Crippen LogP contribution >= 0.6 is 11.8 Å². The molecule has 0 saturated carbocycles. The predicted molar refractivity (Wildman–Crippen MR) is 123 cm³/mol. The lowest BCUT2D eigenvalue weighted by Gasteiger charge is -2.28. The van der Waals surface area contributed by atoms with E-state index in [-0.39, 0.29) is 17.4 Å². The molecule has 0 atom stereocenters. The average molecular weight is 461 g/mol. The Kier molecular flexibility index (Phi) is 8.35. The molecular weight excluding hydrogens is 432 g/mol. The van der Waals surface area contributed by atoms with E-state index in [1.165, 1.54) is 0 Å². The molecule has 3 rings (SSSR count). The molecule has 0 radical (unpaired) electrons. The highest BCUT2D eigenvalue weighted by atomic mass is 32.2. The van der Waals surface area contributed by atoms with E-state index < -0.39 is 11.1 Å². The van der Waals surface area contributed by atoms with Crippen LogP contribution in [0.2, 0.25) is 0 Å². The second-order valence-corrected chi connectivity index (χ2v) is 8.12. The second kappa shape index (κ2) is 11.2. The van der Waals surface area contributed by atoms with Crippen LogP contribution in [0.3, 0.4) is 0 Å². The summed E-state index contributed by atoms with van der Waals surface area (Å²) in [5.74, 6) is 0.487. The third-order valence-electron chi connectivity index (χ3n) is 4.94. The van der Waals surface area contributed by atoms with Gasteiger partial charge in [0.15, 0.2) is 11.5 Å². The molecule has 0 unspecified atom stereocenters. The zero-order chi connectivity index (χ0) is 23.1. The number of imide groups is 1. The molecule has 2 heterocycles. The van der Waals surface area contributed by atoms with Gasteiger partial charge in [0.05, 0.1) is 31.3 Å². The van der Waals surface area contributed by atoms with Crippen molar-refractivity contribution in [2.24, 2.45) is 0 Å². The monoisotopic (exact) mass is 460 g/mol. The maximum absolute atomic E-state index is 12.9. The minimum absolute atomic E-state index is 0.259. The zero-order valence-electron chi connectivity index (χ0n) is 18.4. The molecule has 0 N–H and O–H groups in total. The van der Waals surface area contributed by atoms with Crippen molar-refractivity contribution >= 4 is 34.9 Å². The molecule has 0 aliphatic carbocycles. The van der Waals surface area contributed by atoms with Crippen molar-refractivity contribution < 1.29 is 28.6 Å². The van der Waals surface area contributed by atoms with E-state index in [2.05, 4.69) is 6.58 Å². The summed E-state index contributed by atoms with van der Waals surface area (Å²) < 4.78 is 16.8. The minimum Gasteiger partial charge on any atom is -0.490 e. The van der Waals surface area contributed by atoms with Gasteiger partial charge >= 0.3 is 0 Å².